The minimum Gasteiger partial charge on any atom is -0.466 e. The van der Waals surface area contributed by atoms with Gasteiger partial charge in [0.25, 0.3) is 5.91 Å². The number of amides is 1. The summed E-state index contributed by atoms with van der Waals surface area (Å²) in [6.07, 6.45) is 3.40. The molecule has 0 atom stereocenters. The molecular weight excluding hydrogens is 451 g/mol. The van der Waals surface area contributed by atoms with E-state index in [0.29, 0.717) is 24.9 Å². The summed E-state index contributed by atoms with van der Waals surface area (Å²) in [5.41, 5.74) is 5.16. The smallest absolute Gasteiger partial charge is 0.308 e. The molecule has 0 spiro atoms. The third kappa shape index (κ3) is 6.50. The molecule has 1 aliphatic carbocycles. The van der Waals surface area contributed by atoms with Crippen molar-refractivity contribution in [3.8, 4) is 0 Å². The second kappa shape index (κ2) is 11.0. The Morgan fingerprint density at radius 3 is 2.54 bits per heavy atom. The molecule has 2 rings (SSSR count). The van der Waals surface area contributed by atoms with Crippen molar-refractivity contribution in [1.82, 2.24) is 10.6 Å². The number of ether oxygens (including phenoxy) is 1. The summed E-state index contributed by atoms with van der Waals surface area (Å²) in [5.74, 6) is 0.707. The zero-order chi connectivity index (χ0) is 18.2. The molecule has 4 N–H and O–H groups in total. The average Bonchev–Trinajstić information content (AvgIpc) is 3.08. The maximum atomic E-state index is 11.8. The van der Waals surface area contributed by atoms with Crippen molar-refractivity contribution >= 4 is 41.8 Å². The van der Waals surface area contributed by atoms with Crippen molar-refractivity contribution in [2.24, 2.45) is 16.6 Å². The lowest BCUT2D eigenvalue weighted by molar-refractivity contribution is -0.149. The molecule has 1 aromatic rings. The van der Waals surface area contributed by atoms with E-state index in [9.17, 15) is 9.59 Å². The number of rotatable bonds is 6. The second-order valence-corrected chi connectivity index (χ2v) is 6.00. The highest BCUT2D eigenvalue weighted by Crippen LogP contribution is 2.25. The van der Waals surface area contributed by atoms with Crippen molar-refractivity contribution in [3.63, 3.8) is 0 Å². The lowest BCUT2D eigenvalue weighted by atomic mass is 9.86. The summed E-state index contributed by atoms with van der Waals surface area (Å²) in [5, 5.41) is 6.49. The Bertz CT molecular complexity index is 624. The van der Waals surface area contributed by atoms with Gasteiger partial charge in [-0.15, -0.1) is 24.0 Å². The number of furan rings is 1. The van der Waals surface area contributed by atoms with E-state index in [0.717, 1.165) is 25.7 Å². The van der Waals surface area contributed by atoms with Crippen LogP contribution in [0.2, 0.25) is 0 Å². The Kier molecular flexibility index (Phi) is 9.46. The van der Waals surface area contributed by atoms with E-state index < -0.39 is 5.91 Å². The zero-order valence-electron chi connectivity index (χ0n) is 15.1. The maximum Gasteiger partial charge on any atom is 0.308 e. The monoisotopic (exact) mass is 478 g/mol. The predicted molar refractivity (Wildman–Crippen MR) is 108 cm³/mol. The van der Waals surface area contributed by atoms with Gasteiger partial charge in [-0.2, -0.15) is 0 Å². The Labute approximate surface area is 170 Å². The summed E-state index contributed by atoms with van der Waals surface area (Å²) < 4.78 is 10.4. The minimum absolute atomic E-state index is 0. The number of carbonyl (C=O) groups excluding carboxylic acids is 2. The van der Waals surface area contributed by atoms with Crippen LogP contribution in [-0.2, 0) is 16.1 Å². The van der Waals surface area contributed by atoms with Gasteiger partial charge >= 0.3 is 5.97 Å². The first kappa shape index (κ1) is 22.3. The highest BCUT2D eigenvalue weighted by molar-refractivity contribution is 14.0. The van der Waals surface area contributed by atoms with E-state index in [1.807, 2.05) is 6.92 Å². The molecule has 0 bridgehead atoms. The van der Waals surface area contributed by atoms with Gasteiger partial charge in [0.05, 0.1) is 19.1 Å². The van der Waals surface area contributed by atoms with Crippen LogP contribution >= 0.6 is 24.0 Å². The number of halogens is 1. The molecule has 8 nitrogen and oxygen atoms in total. The van der Waals surface area contributed by atoms with Crippen molar-refractivity contribution in [2.75, 3.05) is 13.7 Å². The first-order valence-corrected chi connectivity index (χ1v) is 8.55. The lowest BCUT2D eigenvalue weighted by Crippen LogP contribution is -2.45. The van der Waals surface area contributed by atoms with Crippen LogP contribution in [0, 0.1) is 5.92 Å². The molecule has 0 saturated heterocycles. The van der Waals surface area contributed by atoms with Crippen LogP contribution in [0.25, 0.3) is 0 Å². The van der Waals surface area contributed by atoms with Crippen molar-refractivity contribution < 1.29 is 18.7 Å². The lowest BCUT2D eigenvalue weighted by Gasteiger charge is -2.29. The predicted octanol–water partition coefficient (Wildman–Crippen LogP) is 1.78. The minimum atomic E-state index is -0.591. The molecule has 1 heterocycles. The molecule has 1 aromatic heterocycles. The fourth-order valence-electron chi connectivity index (χ4n) is 2.90. The van der Waals surface area contributed by atoms with E-state index >= 15 is 0 Å². The zero-order valence-corrected chi connectivity index (χ0v) is 17.4. The van der Waals surface area contributed by atoms with Gasteiger partial charge in [-0.05, 0) is 44.7 Å². The summed E-state index contributed by atoms with van der Waals surface area (Å²) in [6.45, 7) is 2.65. The van der Waals surface area contributed by atoms with Gasteiger partial charge in [-0.1, -0.05) is 0 Å². The third-order valence-corrected chi connectivity index (χ3v) is 4.25. The maximum absolute atomic E-state index is 11.8. The Morgan fingerprint density at radius 2 is 2.00 bits per heavy atom. The van der Waals surface area contributed by atoms with Crippen LogP contribution in [0.4, 0.5) is 0 Å². The van der Waals surface area contributed by atoms with E-state index in [4.69, 9.17) is 14.9 Å². The number of guanidine groups is 1. The van der Waals surface area contributed by atoms with Crippen LogP contribution in [0.15, 0.2) is 21.5 Å². The number of hydrogen-bond acceptors (Lipinski definition) is 5. The van der Waals surface area contributed by atoms with Gasteiger partial charge < -0.3 is 25.5 Å². The molecular formula is C17H27IN4O4. The standard InChI is InChI=1S/C17H26N4O4.HI/c1-3-24-16(23)11-4-6-12(7-5-11)21-17(19-2)20-10-13-8-9-14(25-13)15(18)22;/h8-9,11-12H,3-7,10H2,1-2H3,(H2,18,22)(H2,19,20,21);1H. The SMILES string of the molecule is CCOC(=O)C1CCC(NC(=NC)NCc2ccc(C(N)=O)o2)CC1.I. The fraction of sp³-hybridized carbons (Fsp3) is 0.588. The van der Waals surface area contributed by atoms with Gasteiger partial charge in [0.2, 0.25) is 0 Å². The number of hydrogen-bond donors (Lipinski definition) is 3. The molecule has 0 aromatic carbocycles. The van der Waals surface area contributed by atoms with E-state index in [1.54, 1.807) is 19.2 Å². The van der Waals surface area contributed by atoms with Crippen LogP contribution in [0.3, 0.4) is 0 Å². The number of nitrogens with zero attached hydrogens (tertiary/aromatic N) is 1. The van der Waals surface area contributed by atoms with Crippen LogP contribution in [0.5, 0.6) is 0 Å². The van der Waals surface area contributed by atoms with Crippen molar-refractivity contribution in [3.05, 3.63) is 23.7 Å². The number of nitrogens with one attached hydrogen (secondary N) is 2. The molecule has 9 heteroatoms. The van der Waals surface area contributed by atoms with Crippen LogP contribution in [0.1, 0.15) is 48.9 Å². The van der Waals surface area contributed by atoms with Gasteiger partial charge in [-0.3, -0.25) is 14.6 Å². The summed E-state index contributed by atoms with van der Waals surface area (Å²) in [4.78, 5) is 27.0. The summed E-state index contributed by atoms with van der Waals surface area (Å²) in [7, 11) is 1.69. The normalized spacial score (nSPS) is 20.0. The van der Waals surface area contributed by atoms with Crippen molar-refractivity contribution in [1.29, 1.82) is 0 Å². The fourth-order valence-corrected chi connectivity index (χ4v) is 2.90. The largest absolute Gasteiger partial charge is 0.466 e. The van der Waals surface area contributed by atoms with Crippen LogP contribution in [-0.4, -0.2) is 37.5 Å². The topological polar surface area (TPSA) is 119 Å². The van der Waals surface area contributed by atoms with Gasteiger partial charge in [0, 0.05) is 13.1 Å². The van der Waals surface area contributed by atoms with Gasteiger partial charge in [-0.25, -0.2) is 0 Å². The van der Waals surface area contributed by atoms with Gasteiger partial charge in [0.15, 0.2) is 11.7 Å². The number of esters is 1. The van der Waals surface area contributed by atoms with Crippen LogP contribution < -0.4 is 16.4 Å². The molecule has 1 saturated carbocycles. The molecule has 1 aliphatic rings. The molecule has 0 unspecified atom stereocenters. The average molecular weight is 478 g/mol. The van der Waals surface area contributed by atoms with E-state index in [-0.39, 0.29) is 47.7 Å². The van der Waals surface area contributed by atoms with Gasteiger partial charge in [0.1, 0.15) is 5.76 Å². The van der Waals surface area contributed by atoms with Crippen molar-refractivity contribution in [2.45, 2.75) is 45.2 Å². The Hall–Kier alpha value is -1.78. The summed E-state index contributed by atoms with van der Waals surface area (Å²) >= 11 is 0. The second-order valence-electron chi connectivity index (χ2n) is 6.00. The highest BCUT2D eigenvalue weighted by Gasteiger charge is 2.27. The first-order valence-electron chi connectivity index (χ1n) is 8.55. The molecule has 1 amide bonds. The number of primary amides is 1. The third-order valence-electron chi connectivity index (χ3n) is 4.25. The number of carbonyl (C=O) groups is 2. The Morgan fingerprint density at radius 1 is 1.31 bits per heavy atom. The highest BCUT2D eigenvalue weighted by atomic mass is 127. The quantitative estimate of drug-likeness (QED) is 0.248. The van der Waals surface area contributed by atoms with E-state index in [1.165, 1.54) is 0 Å². The number of aliphatic imine (C=N–C) groups is 1. The molecule has 0 radical (unpaired) electrons. The Balaban J connectivity index is 0.00000338. The molecule has 146 valence electrons. The molecule has 1 fully saturated rings. The first-order chi connectivity index (χ1) is 12.0. The molecule has 0 aliphatic heterocycles. The molecule has 26 heavy (non-hydrogen) atoms. The van der Waals surface area contributed by atoms with E-state index in [2.05, 4.69) is 15.6 Å². The number of nitrogens with two attached hydrogens (primary N) is 1. The summed E-state index contributed by atoms with van der Waals surface area (Å²) in [6, 6.07) is 3.51.